The molecule has 1 aliphatic rings. The molecule has 2 rings (SSSR count). The summed E-state index contributed by atoms with van der Waals surface area (Å²) in [5.74, 6) is 1.94. The van der Waals surface area contributed by atoms with Crippen LogP contribution >= 0.6 is 11.8 Å². The van der Waals surface area contributed by atoms with Gasteiger partial charge in [-0.05, 0) is 36.6 Å². The Labute approximate surface area is 114 Å². The molecule has 2 atom stereocenters. The second-order valence-electron chi connectivity index (χ2n) is 5.22. The van der Waals surface area contributed by atoms with Gasteiger partial charge in [0.25, 0.3) is 0 Å². The summed E-state index contributed by atoms with van der Waals surface area (Å²) in [6.45, 7) is 5.02. The van der Waals surface area contributed by atoms with Gasteiger partial charge in [-0.15, -0.1) is 0 Å². The molecule has 0 aliphatic carbocycles. The van der Waals surface area contributed by atoms with Gasteiger partial charge in [0.1, 0.15) is 0 Å². The number of aryl methyl sites for hydroxylation is 1. The van der Waals surface area contributed by atoms with Crippen LogP contribution in [-0.4, -0.2) is 28.8 Å². The van der Waals surface area contributed by atoms with Crippen LogP contribution in [0.2, 0.25) is 0 Å². The predicted molar refractivity (Wildman–Crippen MR) is 79.1 cm³/mol. The maximum Gasteiger partial charge on any atom is 0.0869 e. The Kier molecular flexibility index (Phi) is 4.71. The SMILES string of the molecule is CCc1ccc(C(C)NCC2(O)CCSC2)cc1. The number of benzene rings is 1. The van der Waals surface area contributed by atoms with E-state index in [1.165, 1.54) is 11.1 Å². The van der Waals surface area contributed by atoms with Gasteiger partial charge in [-0.25, -0.2) is 0 Å². The Balaban J connectivity index is 1.88. The average molecular weight is 265 g/mol. The first-order chi connectivity index (χ1) is 8.63. The van der Waals surface area contributed by atoms with Gasteiger partial charge in [-0.2, -0.15) is 11.8 Å². The van der Waals surface area contributed by atoms with E-state index in [-0.39, 0.29) is 0 Å². The van der Waals surface area contributed by atoms with Crippen molar-refractivity contribution in [3.63, 3.8) is 0 Å². The first-order valence-electron chi connectivity index (χ1n) is 6.75. The minimum absolute atomic E-state index is 0.297. The molecule has 1 heterocycles. The monoisotopic (exact) mass is 265 g/mol. The summed E-state index contributed by atoms with van der Waals surface area (Å²) in [6.07, 6.45) is 1.99. The molecule has 0 spiro atoms. The van der Waals surface area contributed by atoms with Gasteiger partial charge in [-0.1, -0.05) is 31.2 Å². The summed E-state index contributed by atoms with van der Waals surface area (Å²) in [4.78, 5) is 0. The Morgan fingerprint density at radius 1 is 1.39 bits per heavy atom. The smallest absolute Gasteiger partial charge is 0.0869 e. The zero-order valence-electron chi connectivity index (χ0n) is 11.3. The molecule has 2 N–H and O–H groups in total. The number of nitrogens with one attached hydrogen (secondary N) is 1. The highest BCUT2D eigenvalue weighted by Crippen LogP contribution is 2.27. The Morgan fingerprint density at radius 2 is 2.11 bits per heavy atom. The van der Waals surface area contributed by atoms with Crippen LogP contribution in [0.4, 0.5) is 0 Å². The van der Waals surface area contributed by atoms with Crippen molar-refractivity contribution < 1.29 is 5.11 Å². The molecule has 2 unspecified atom stereocenters. The van der Waals surface area contributed by atoms with Crippen molar-refractivity contribution >= 4 is 11.8 Å². The van der Waals surface area contributed by atoms with Crippen molar-refractivity contribution in [3.8, 4) is 0 Å². The van der Waals surface area contributed by atoms with E-state index in [2.05, 4.69) is 43.4 Å². The molecule has 1 saturated heterocycles. The fourth-order valence-electron chi connectivity index (χ4n) is 2.24. The van der Waals surface area contributed by atoms with Crippen molar-refractivity contribution in [3.05, 3.63) is 35.4 Å². The summed E-state index contributed by atoms with van der Waals surface area (Å²) in [5.41, 5.74) is 2.17. The number of hydrogen-bond acceptors (Lipinski definition) is 3. The Morgan fingerprint density at radius 3 is 2.67 bits per heavy atom. The molecular weight excluding hydrogens is 242 g/mol. The number of rotatable bonds is 5. The quantitative estimate of drug-likeness (QED) is 0.858. The van der Waals surface area contributed by atoms with Crippen LogP contribution in [0.15, 0.2) is 24.3 Å². The van der Waals surface area contributed by atoms with Gasteiger partial charge in [0.05, 0.1) is 5.60 Å². The topological polar surface area (TPSA) is 32.3 Å². The van der Waals surface area contributed by atoms with Crippen LogP contribution in [0.25, 0.3) is 0 Å². The van der Waals surface area contributed by atoms with Crippen LogP contribution in [0.3, 0.4) is 0 Å². The molecule has 100 valence electrons. The number of hydrogen-bond donors (Lipinski definition) is 2. The molecule has 0 saturated carbocycles. The Bertz CT molecular complexity index is 371. The highest BCUT2D eigenvalue weighted by Gasteiger charge is 2.31. The standard InChI is InChI=1S/C15H23NOS/c1-3-13-4-6-14(7-5-13)12(2)16-10-15(17)8-9-18-11-15/h4-7,12,16-17H,3,8-11H2,1-2H3. The molecular formula is C15H23NOS. The van der Waals surface area contributed by atoms with E-state index in [1.807, 2.05) is 11.8 Å². The second kappa shape index (κ2) is 6.09. The zero-order valence-corrected chi connectivity index (χ0v) is 12.1. The summed E-state index contributed by atoms with van der Waals surface area (Å²) in [6, 6.07) is 9.04. The van der Waals surface area contributed by atoms with Gasteiger partial charge in [0.15, 0.2) is 0 Å². The van der Waals surface area contributed by atoms with Gasteiger partial charge < -0.3 is 10.4 Å². The van der Waals surface area contributed by atoms with E-state index in [4.69, 9.17) is 0 Å². The molecule has 1 fully saturated rings. The van der Waals surface area contributed by atoms with Gasteiger partial charge in [-0.3, -0.25) is 0 Å². The van der Waals surface area contributed by atoms with Gasteiger partial charge in [0, 0.05) is 18.3 Å². The van der Waals surface area contributed by atoms with Gasteiger partial charge in [0.2, 0.25) is 0 Å². The summed E-state index contributed by atoms with van der Waals surface area (Å²) >= 11 is 1.84. The normalized spacial score (nSPS) is 25.3. The maximum atomic E-state index is 10.3. The van der Waals surface area contributed by atoms with Crippen LogP contribution in [0, 0.1) is 0 Å². The lowest BCUT2D eigenvalue weighted by molar-refractivity contribution is 0.0651. The van der Waals surface area contributed by atoms with Crippen LogP contribution in [0.1, 0.15) is 37.4 Å². The van der Waals surface area contributed by atoms with Crippen molar-refractivity contribution in [1.82, 2.24) is 5.32 Å². The highest BCUT2D eigenvalue weighted by molar-refractivity contribution is 7.99. The molecule has 0 radical (unpaired) electrons. The molecule has 3 heteroatoms. The first kappa shape index (κ1) is 13.9. The van der Waals surface area contributed by atoms with E-state index in [1.54, 1.807) is 0 Å². The highest BCUT2D eigenvalue weighted by atomic mass is 32.2. The largest absolute Gasteiger partial charge is 0.388 e. The first-order valence-corrected chi connectivity index (χ1v) is 7.91. The number of thioether (sulfide) groups is 1. The van der Waals surface area contributed by atoms with E-state index >= 15 is 0 Å². The van der Waals surface area contributed by atoms with E-state index in [0.29, 0.717) is 12.6 Å². The second-order valence-corrected chi connectivity index (χ2v) is 6.33. The fourth-order valence-corrected chi connectivity index (χ4v) is 3.53. The summed E-state index contributed by atoms with van der Waals surface area (Å²) in [7, 11) is 0. The van der Waals surface area contributed by atoms with Crippen LogP contribution < -0.4 is 5.32 Å². The lowest BCUT2D eigenvalue weighted by Gasteiger charge is -2.24. The third kappa shape index (κ3) is 3.50. The summed E-state index contributed by atoms with van der Waals surface area (Å²) in [5, 5.41) is 13.7. The van der Waals surface area contributed by atoms with E-state index < -0.39 is 5.60 Å². The van der Waals surface area contributed by atoms with Crippen molar-refractivity contribution in [2.45, 2.75) is 38.3 Å². The maximum absolute atomic E-state index is 10.3. The lowest BCUT2D eigenvalue weighted by atomic mass is 10.0. The van der Waals surface area contributed by atoms with E-state index in [0.717, 1.165) is 24.3 Å². The lowest BCUT2D eigenvalue weighted by Crippen LogP contribution is -2.41. The van der Waals surface area contributed by atoms with E-state index in [9.17, 15) is 5.11 Å². The van der Waals surface area contributed by atoms with Crippen LogP contribution in [0.5, 0.6) is 0 Å². The van der Waals surface area contributed by atoms with Crippen molar-refractivity contribution in [1.29, 1.82) is 0 Å². The van der Waals surface area contributed by atoms with Crippen LogP contribution in [-0.2, 0) is 6.42 Å². The van der Waals surface area contributed by atoms with Crippen molar-refractivity contribution in [2.24, 2.45) is 0 Å². The summed E-state index contributed by atoms with van der Waals surface area (Å²) < 4.78 is 0. The minimum Gasteiger partial charge on any atom is -0.388 e. The predicted octanol–water partition coefficient (Wildman–Crippen LogP) is 2.77. The number of aliphatic hydroxyl groups is 1. The van der Waals surface area contributed by atoms with Gasteiger partial charge >= 0.3 is 0 Å². The molecule has 2 nitrogen and oxygen atoms in total. The average Bonchev–Trinajstić information content (AvgIpc) is 2.83. The molecule has 18 heavy (non-hydrogen) atoms. The van der Waals surface area contributed by atoms with Crippen molar-refractivity contribution in [2.75, 3.05) is 18.1 Å². The third-order valence-corrected chi connectivity index (χ3v) is 4.94. The Hall–Kier alpha value is -0.510. The fraction of sp³-hybridized carbons (Fsp3) is 0.600. The molecule has 1 aromatic carbocycles. The molecule has 1 aromatic rings. The molecule has 0 bridgehead atoms. The molecule has 0 aromatic heterocycles. The third-order valence-electron chi connectivity index (χ3n) is 3.71. The zero-order chi connectivity index (χ0) is 13.0. The molecule has 0 amide bonds. The minimum atomic E-state index is -0.498. The molecule has 1 aliphatic heterocycles.